The zero-order chi connectivity index (χ0) is 4.24. The van der Waals surface area contributed by atoms with Gasteiger partial charge >= 0.3 is 0 Å². The average molecular weight is 102 g/mol. The third kappa shape index (κ3) is 0.971. The molecule has 0 amide bonds. The molecule has 1 aliphatic heterocycles. The molecular formula is C3H6N2S. The fraction of sp³-hybridized carbons (Fsp3) is 1.00. The highest BCUT2D eigenvalue weighted by atomic mass is 32.2. The molecule has 1 heterocycles. The molecule has 0 aliphatic carbocycles. The van der Waals surface area contributed by atoms with Gasteiger partial charge in [0.25, 0.3) is 0 Å². The van der Waals surface area contributed by atoms with Crippen LogP contribution in [0.15, 0.2) is 10.2 Å². The summed E-state index contributed by atoms with van der Waals surface area (Å²) in [5, 5.41) is 7.55. The topological polar surface area (TPSA) is 24.7 Å². The summed E-state index contributed by atoms with van der Waals surface area (Å²) >= 11 is 1.83. The van der Waals surface area contributed by atoms with Gasteiger partial charge in [-0.25, -0.2) is 0 Å². The minimum absolute atomic E-state index is 0.875. The maximum absolute atomic E-state index is 3.78. The summed E-state index contributed by atoms with van der Waals surface area (Å²) in [4.78, 5) is 0. The number of azo groups is 1. The summed E-state index contributed by atoms with van der Waals surface area (Å²) < 4.78 is 0. The van der Waals surface area contributed by atoms with Crippen LogP contribution in [-0.4, -0.2) is 18.2 Å². The summed E-state index contributed by atoms with van der Waals surface area (Å²) in [5.74, 6) is 2.03. The Morgan fingerprint density at radius 1 is 1.33 bits per heavy atom. The number of nitrogens with zero attached hydrogens (tertiary/aromatic N) is 2. The van der Waals surface area contributed by atoms with Gasteiger partial charge in [-0.1, -0.05) is 0 Å². The Labute approximate surface area is 41.0 Å². The van der Waals surface area contributed by atoms with E-state index >= 15 is 0 Å². The van der Waals surface area contributed by atoms with Crippen molar-refractivity contribution in [2.24, 2.45) is 10.2 Å². The second kappa shape index (κ2) is 2.18. The van der Waals surface area contributed by atoms with Crippen LogP contribution in [0.3, 0.4) is 0 Å². The molecule has 0 aromatic rings. The minimum Gasteiger partial charge on any atom is -0.192 e. The smallest absolute Gasteiger partial charge is 0.105 e. The number of hydrogen-bond acceptors (Lipinski definition) is 3. The molecule has 0 N–H and O–H groups in total. The first-order valence-electron chi connectivity index (χ1n) is 1.91. The zero-order valence-electron chi connectivity index (χ0n) is 3.42. The van der Waals surface area contributed by atoms with E-state index in [0.717, 1.165) is 18.2 Å². The summed E-state index contributed by atoms with van der Waals surface area (Å²) in [5.41, 5.74) is 0. The fourth-order valence-corrected chi connectivity index (χ4v) is 0.825. The maximum atomic E-state index is 3.78. The van der Waals surface area contributed by atoms with Gasteiger partial charge in [0.2, 0.25) is 0 Å². The normalized spacial score (nSPS) is 21.3. The van der Waals surface area contributed by atoms with Crippen molar-refractivity contribution in [3.63, 3.8) is 0 Å². The first-order chi connectivity index (χ1) is 3.00. The van der Waals surface area contributed by atoms with Crippen molar-refractivity contribution in [2.45, 2.75) is 0 Å². The minimum atomic E-state index is 0.875. The first kappa shape index (κ1) is 4.12. The fourth-order valence-electron chi connectivity index (χ4n) is 0.322. The highest BCUT2D eigenvalue weighted by Gasteiger charge is 1.89. The van der Waals surface area contributed by atoms with Crippen molar-refractivity contribution in [2.75, 3.05) is 18.2 Å². The summed E-state index contributed by atoms with van der Waals surface area (Å²) in [7, 11) is 0. The van der Waals surface area contributed by atoms with Gasteiger partial charge in [-0.3, -0.25) is 0 Å². The predicted molar refractivity (Wildman–Crippen MR) is 27.0 cm³/mol. The third-order valence-corrected chi connectivity index (χ3v) is 1.35. The highest BCUT2D eigenvalue weighted by Crippen LogP contribution is 2.04. The molecule has 0 spiro atoms. The van der Waals surface area contributed by atoms with E-state index in [1.165, 1.54) is 0 Å². The van der Waals surface area contributed by atoms with Crippen LogP contribution in [0.5, 0.6) is 0 Å². The molecular weight excluding hydrogens is 96.1 g/mol. The maximum Gasteiger partial charge on any atom is 0.105 e. The van der Waals surface area contributed by atoms with Crippen LogP contribution < -0.4 is 0 Å². The molecule has 0 saturated heterocycles. The largest absolute Gasteiger partial charge is 0.192 e. The lowest BCUT2D eigenvalue weighted by molar-refractivity contribution is 0.946. The molecule has 0 aromatic heterocycles. The summed E-state index contributed by atoms with van der Waals surface area (Å²) in [6.45, 7) is 0.921. The highest BCUT2D eigenvalue weighted by molar-refractivity contribution is 7.99. The van der Waals surface area contributed by atoms with Crippen LogP contribution in [0.2, 0.25) is 0 Å². The molecule has 6 heavy (non-hydrogen) atoms. The Kier molecular flexibility index (Phi) is 1.50. The second-order valence-electron chi connectivity index (χ2n) is 1.04. The molecule has 1 aliphatic rings. The Balaban J connectivity index is 2.26. The molecule has 34 valence electrons. The second-order valence-corrected chi connectivity index (χ2v) is 2.12. The van der Waals surface area contributed by atoms with E-state index in [1.54, 1.807) is 0 Å². The van der Waals surface area contributed by atoms with Crippen LogP contribution in [0, 0.1) is 0 Å². The number of rotatable bonds is 0. The Hall–Kier alpha value is -0.0500. The van der Waals surface area contributed by atoms with Gasteiger partial charge in [-0.15, -0.1) is 11.8 Å². The Morgan fingerprint density at radius 2 is 2.33 bits per heavy atom. The molecule has 0 atom stereocenters. The standard InChI is InChI=1S/C3H6N2S/c1-2-6-3-5-4-1/h1-3H2. The van der Waals surface area contributed by atoms with Crippen LogP contribution in [0.25, 0.3) is 0 Å². The van der Waals surface area contributed by atoms with E-state index in [0.29, 0.717) is 0 Å². The molecule has 3 heteroatoms. The van der Waals surface area contributed by atoms with E-state index in [4.69, 9.17) is 0 Å². The van der Waals surface area contributed by atoms with E-state index in [9.17, 15) is 0 Å². The van der Waals surface area contributed by atoms with Gasteiger partial charge in [-0.05, 0) is 0 Å². The molecule has 1 rings (SSSR count). The number of hydrogen-bond donors (Lipinski definition) is 0. The van der Waals surface area contributed by atoms with Gasteiger partial charge in [0, 0.05) is 5.75 Å². The predicted octanol–water partition coefficient (Wildman–Crippen LogP) is 1.14. The van der Waals surface area contributed by atoms with Crippen molar-refractivity contribution in [1.29, 1.82) is 0 Å². The molecule has 0 saturated carbocycles. The van der Waals surface area contributed by atoms with E-state index < -0.39 is 0 Å². The SMILES string of the molecule is C1CSCN=N1. The van der Waals surface area contributed by atoms with Gasteiger partial charge in [0.15, 0.2) is 0 Å². The summed E-state index contributed by atoms with van der Waals surface area (Å²) in [6, 6.07) is 0. The summed E-state index contributed by atoms with van der Waals surface area (Å²) in [6.07, 6.45) is 0. The van der Waals surface area contributed by atoms with Crippen LogP contribution in [0.1, 0.15) is 0 Å². The third-order valence-electron chi connectivity index (χ3n) is 0.585. The Bertz CT molecular complexity index is 53.8. The van der Waals surface area contributed by atoms with Gasteiger partial charge in [-0.2, -0.15) is 10.2 Å². The van der Waals surface area contributed by atoms with Crippen molar-refractivity contribution >= 4 is 11.8 Å². The molecule has 2 nitrogen and oxygen atoms in total. The zero-order valence-corrected chi connectivity index (χ0v) is 4.24. The molecule has 0 aromatic carbocycles. The monoisotopic (exact) mass is 102 g/mol. The quantitative estimate of drug-likeness (QED) is 0.450. The van der Waals surface area contributed by atoms with Gasteiger partial charge in [0.1, 0.15) is 5.88 Å². The first-order valence-corrected chi connectivity index (χ1v) is 3.06. The van der Waals surface area contributed by atoms with Crippen LogP contribution >= 0.6 is 11.8 Å². The average Bonchev–Trinajstić information content (AvgIpc) is 1.72. The van der Waals surface area contributed by atoms with E-state index in [1.807, 2.05) is 11.8 Å². The van der Waals surface area contributed by atoms with Gasteiger partial charge < -0.3 is 0 Å². The van der Waals surface area contributed by atoms with E-state index in [-0.39, 0.29) is 0 Å². The lowest BCUT2D eigenvalue weighted by atomic mass is 10.8. The molecule has 0 fully saturated rings. The lowest BCUT2D eigenvalue weighted by Gasteiger charge is -1.96. The van der Waals surface area contributed by atoms with Gasteiger partial charge in [0.05, 0.1) is 6.54 Å². The van der Waals surface area contributed by atoms with Crippen molar-refractivity contribution in [1.82, 2.24) is 0 Å². The van der Waals surface area contributed by atoms with Crippen molar-refractivity contribution < 1.29 is 0 Å². The number of thioether (sulfide) groups is 1. The lowest BCUT2D eigenvalue weighted by Crippen LogP contribution is -1.89. The molecule has 0 bridgehead atoms. The van der Waals surface area contributed by atoms with Crippen LogP contribution in [0.4, 0.5) is 0 Å². The van der Waals surface area contributed by atoms with E-state index in [2.05, 4.69) is 10.2 Å². The Morgan fingerprint density at radius 3 is 2.50 bits per heavy atom. The van der Waals surface area contributed by atoms with Crippen LogP contribution in [-0.2, 0) is 0 Å². The molecule has 0 radical (unpaired) electrons. The molecule has 0 unspecified atom stereocenters. The van der Waals surface area contributed by atoms with Crippen molar-refractivity contribution in [3.05, 3.63) is 0 Å². The van der Waals surface area contributed by atoms with Crippen molar-refractivity contribution in [3.8, 4) is 0 Å².